The number of rotatable bonds is 8. The molecule has 1 saturated heterocycles. The summed E-state index contributed by atoms with van der Waals surface area (Å²) in [5.41, 5.74) is 5.56. The maximum Gasteiger partial charge on any atom is 0.326 e. The third-order valence-corrected chi connectivity index (χ3v) is 3.92. The van der Waals surface area contributed by atoms with Crippen molar-refractivity contribution in [2.24, 2.45) is 11.7 Å². The number of carboxylic acids is 1. The van der Waals surface area contributed by atoms with E-state index in [-0.39, 0.29) is 18.9 Å². The lowest BCUT2D eigenvalue weighted by Gasteiger charge is -2.22. The Morgan fingerprint density at radius 2 is 2.05 bits per heavy atom. The largest absolute Gasteiger partial charge is 0.480 e. The number of nitrogens with zero attached hydrogens (tertiary/aromatic N) is 1. The third kappa shape index (κ3) is 4.76. The van der Waals surface area contributed by atoms with Crippen LogP contribution in [0.15, 0.2) is 0 Å². The predicted octanol–water partition coefficient (Wildman–Crippen LogP) is 0.578. The first-order valence-corrected chi connectivity index (χ1v) is 7.40. The second kappa shape index (κ2) is 8.21. The average molecular weight is 286 g/mol. The van der Waals surface area contributed by atoms with E-state index in [0.29, 0.717) is 18.9 Å². The Labute approximate surface area is 119 Å². The molecule has 0 aromatic rings. The van der Waals surface area contributed by atoms with Crippen LogP contribution in [0.5, 0.6) is 0 Å². The fourth-order valence-corrected chi connectivity index (χ4v) is 2.87. The first-order valence-electron chi connectivity index (χ1n) is 7.40. The molecular weight excluding hydrogens is 260 g/mol. The third-order valence-electron chi connectivity index (χ3n) is 3.92. The van der Waals surface area contributed by atoms with Gasteiger partial charge >= 0.3 is 5.97 Å². The molecule has 20 heavy (non-hydrogen) atoms. The zero-order valence-electron chi connectivity index (χ0n) is 12.1. The van der Waals surface area contributed by atoms with Gasteiger partial charge in [0.15, 0.2) is 0 Å². The van der Waals surface area contributed by atoms with Crippen molar-refractivity contribution in [2.75, 3.05) is 13.1 Å². The zero-order chi connectivity index (χ0) is 15.1. The Kier molecular flexibility index (Phi) is 6.95. The van der Waals surface area contributed by atoms with Gasteiger partial charge in [-0.3, -0.25) is 4.79 Å². The topological polar surface area (TPSA) is 104 Å². The fourth-order valence-electron chi connectivity index (χ4n) is 2.87. The van der Waals surface area contributed by atoms with Gasteiger partial charge in [0.05, 0.1) is 6.10 Å². The van der Waals surface area contributed by atoms with E-state index in [2.05, 4.69) is 6.92 Å². The summed E-state index contributed by atoms with van der Waals surface area (Å²) in [6.45, 7) is 2.84. The van der Waals surface area contributed by atoms with Gasteiger partial charge in [-0.2, -0.15) is 0 Å². The van der Waals surface area contributed by atoms with E-state index in [0.717, 1.165) is 25.7 Å². The lowest BCUT2D eigenvalue weighted by atomic mass is 9.94. The molecule has 2 unspecified atom stereocenters. The van der Waals surface area contributed by atoms with Gasteiger partial charge in [0.1, 0.15) is 6.04 Å². The quantitative estimate of drug-likeness (QED) is 0.605. The molecule has 116 valence electrons. The molecule has 1 amide bonds. The second-order valence-electron chi connectivity index (χ2n) is 5.56. The number of hydrogen-bond acceptors (Lipinski definition) is 4. The zero-order valence-corrected chi connectivity index (χ0v) is 12.1. The first-order chi connectivity index (χ1) is 9.49. The van der Waals surface area contributed by atoms with Gasteiger partial charge in [0, 0.05) is 19.4 Å². The lowest BCUT2D eigenvalue weighted by molar-refractivity contribution is -0.148. The molecule has 0 saturated carbocycles. The standard InChI is InChI=1S/C14H26N2O4/c1-2-3-10(6-7-15)4-5-13(18)16-9-11(17)8-12(16)14(19)20/h10-12,17H,2-9,15H2,1H3,(H,19,20)/t10?,11?,12-/m0/s1. The number of β-amino-alcohol motifs (C(OH)–C–C–N with tert-alkyl or cyclic N) is 1. The van der Waals surface area contributed by atoms with E-state index in [4.69, 9.17) is 10.8 Å². The summed E-state index contributed by atoms with van der Waals surface area (Å²) in [5.74, 6) is -0.793. The van der Waals surface area contributed by atoms with Crippen LogP contribution in [0, 0.1) is 5.92 Å². The molecule has 3 atom stereocenters. The average Bonchev–Trinajstić information content (AvgIpc) is 2.78. The van der Waals surface area contributed by atoms with Crippen LogP contribution in [0.2, 0.25) is 0 Å². The number of nitrogens with two attached hydrogens (primary N) is 1. The van der Waals surface area contributed by atoms with Crippen molar-refractivity contribution in [2.45, 2.75) is 57.6 Å². The molecule has 0 aromatic heterocycles. The minimum absolute atomic E-state index is 0.127. The molecule has 0 aliphatic carbocycles. The van der Waals surface area contributed by atoms with Crippen molar-refractivity contribution < 1.29 is 19.8 Å². The molecule has 6 heteroatoms. The van der Waals surface area contributed by atoms with Crippen LogP contribution >= 0.6 is 0 Å². The summed E-state index contributed by atoms with van der Waals surface area (Å²) in [6, 6.07) is -0.878. The van der Waals surface area contributed by atoms with Gasteiger partial charge in [-0.25, -0.2) is 4.79 Å². The smallest absolute Gasteiger partial charge is 0.326 e. The van der Waals surface area contributed by atoms with E-state index in [9.17, 15) is 14.7 Å². The van der Waals surface area contributed by atoms with Crippen LogP contribution in [0.3, 0.4) is 0 Å². The molecule has 0 spiro atoms. The van der Waals surface area contributed by atoms with Gasteiger partial charge in [-0.1, -0.05) is 19.8 Å². The van der Waals surface area contributed by atoms with E-state index < -0.39 is 18.1 Å². The molecule has 6 nitrogen and oxygen atoms in total. The highest BCUT2D eigenvalue weighted by Gasteiger charge is 2.38. The highest BCUT2D eigenvalue weighted by molar-refractivity contribution is 5.84. The number of likely N-dealkylation sites (tertiary alicyclic amines) is 1. The summed E-state index contributed by atoms with van der Waals surface area (Å²) >= 11 is 0. The van der Waals surface area contributed by atoms with Gasteiger partial charge in [-0.15, -0.1) is 0 Å². The highest BCUT2D eigenvalue weighted by atomic mass is 16.4. The maximum atomic E-state index is 12.1. The molecule has 4 N–H and O–H groups in total. The Bertz CT molecular complexity index is 329. The lowest BCUT2D eigenvalue weighted by Crippen LogP contribution is -2.40. The van der Waals surface area contributed by atoms with Gasteiger partial charge in [0.2, 0.25) is 5.91 Å². The van der Waals surface area contributed by atoms with Gasteiger partial charge < -0.3 is 20.8 Å². The monoisotopic (exact) mass is 286 g/mol. The summed E-state index contributed by atoms with van der Waals surface area (Å²) < 4.78 is 0. The molecule has 1 aliphatic heterocycles. The minimum Gasteiger partial charge on any atom is -0.480 e. The number of carbonyl (C=O) groups excluding carboxylic acids is 1. The molecule has 1 aliphatic rings. The number of carboxylic acid groups (broad SMARTS) is 1. The van der Waals surface area contributed by atoms with Crippen molar-refractivity contribution in [1.29, 1.82) is 0 Å². The summed E-state index contributed by atoms with van der Waals surface area (Å²) in [7, 11) is 0. The number of aliphatic carboxylic acids is 1. The number of aliphatic hydroxyl groups excluding tert-OH is 1. The summed E-state index contributed by atoms with van der Waals surface area (Å²) in [4.78, 5) is 24.5. The normalized spacial score (nSPS) is 23.9. The maximum absolute atomic E-state index is 12.1. The van der Waals surface area contributed by atoms with E-state index in [1.807, 2.05) is 0 Å². The Balaban J connectivity index is 2.50. The minimum atomic E-state index is -1.04. The molecular formula is C14H26N2O4. The molecule has 0 aromatic carbocycles. The molecule has 1 heterocycles. The number of carbonyl (C=O) groups is 2. The van der Waals surface area contributed by atoms with Crippen LogP contribution in [0.4, 0.5) is 0 Å². The van der Waals surface area contributed by atoms with Crippen LogP contribution in [-0.2, 0) is 9.59 Å². The van der Waals surface area contributed by atoms with Gasteiger partial charge in [-0.05, 0) is 25.3 Å². The Morgan fingerprint density at radius 3 is 2.60 bits per heavy atom. The van der Waals surface area contributed by atoms with Crippen LogP contribution < -0.4 is 5.73 Å². The molecule has 0 radical (unpaired) electrons. The van der Waals surface area contributed by atoms with Crippen LogP contribution in [0.1, 0.15) is 45.4 Å². The predicted molar refractivity (Wildman–Crippen MR) is 75.1 cm³/mol. The first kappa shape index (κ1) is 16.9. The summed E-state index contributed by atoms with van der Waals surface area (Å²) in [5, 5.41) is 18.6. The van der Waals surface area contributed by atoms with E-state index in [1.165, 1.54) is 4.90 Å². The number of aliphatic hydroxyl groups is 1. The van der Waals surface area contributed by atoms with Crippen molar-refractivity contribution in [3.8, 4) is 0 Å². The molecule has 0 bridgehead atoms. The highest BCUT2D eigenvalue weighted by Crippen LogP contribution is 2.22. The van der Waals surface area contributed by atoms with Crippen molar-refractivity contribution in [1.82, 2.24) is 4.90 Å². The number of amides is 1. The van der Waals surface area contributed by atoms with Crippen molar-refractivity contribution in [3.05, 3.63) is 0 Å². The molecule has 1 fully saturated rings. The Morgan fingerprint density at radius 1 is 1.35 bits per heavy atom. The second-order valence-corrected chi connectivity index (χ2v) is 5.56. The number of hydrogen-bond donors (Lipinski definition) is 3. The SMILES string of the molecule is CCCC(CCN)CCC(=O)N1CC(O)C[C@H]1C(=O)O. The fraction of sp³-hybridized carbons (Fsp3) is 0.857. The molecule has 1 rings (SSSR count). The van der Waals surface area contributed by atoms with Crippen molar-refractivity contribution >= 4 is 11.9 Å². The van der Waals surface area contributed by atoms with Gasteiger partial charge in [0.25, 0.3) is 0 Å². The Hall–Kier alpha value is -1.14. The van der Waals surface area contributed by atoms with Crippen LogP contribution in [-0.4, -0.2) is 52.2 Å². The van der Waals surface area contributed by atoms with E-state index in [1.54, 1.807) is 0 Å². The van der Waals surface area contributed by atoms with Crippen molar-refractivity contribution in [3.63, 3.8) is 0 Å². The van der Waals surface area contributed by atoms with E-state index >= 15 is 0 Å². The van der Waals surface area contributed by atoms with Crippen LogP contribution in [0.25, 0.3) is 0 Å². The summed E-state index contributed by atoms with van der Waals surface area (Å²) in [6.07, 6.45) is 3.46.